The lowest BCUT2D eigenvalue weighted by molar-refractivity contribution is 0.104. The van der Waals surface area contributed by atoms with E-state index < -0.39 is 0 Å². The van der Waals surface area contributed by atoms with E-state index in [1.807, 2.05) is 0 Å². The topological polar surface area (TPSA) is 43.5 Å². The Morgan fingerprint density at radius 1 is 0.562 bits per heavy atom. The van der Waals surface area contributed by atoms with Crippen molar-refractivity contribution in [1.82, 2.24) is 0 Å². The smallest absolute Gasteiger partial charge is 0.104 e. The zero-order chi connectivity index (χ0) is 21.6. The first-order valence-corrected chi connectivity index (χ1v) is 11.4. The molecule has 2 aliphatic heterocycles. The minimum atomic E-state index is 0.315. The fourth-order valence-corrected chi connectivity index (χ4v) is 3.85. The number of rotatable bonds is 12. The van der Waals surface area contributed by atoms with Crippen molar-refractivity contribution in [2.24, 2.45) is 0 Å². The van der Waals surface area contributed by atoms with E-state index in [2.05, 4.69) is 72.8 Å². The van der Waals surface area contributed by atoms with Crippen LogP contribution in [-0.2, 0) is 45.0 Å². The van der Waals surface area contributed by atoms with Gasteiger partial charge in [0.15, 0.2) is 0 Å². The van der Waals surface area contributed by atoms with Crippen LogP contribution in [0.4, 0.5) is 0 Å². The Labute approximate surface area is 190 Å². The van der Waals surface area contributed by atoms with Crippen LogP contribution >= 0.6 is 0 Å². The van der Waals surface area contributed by atoms with Crippen molar-refractivity contribution >= 4 is 0 Å². The van der Waals surface area contributed by atoms with Gasteiger partial charge in [-0.25, -0.2) is 0 Å². The second-order valence-corrected chi connectivity index (χ2v) is 8.75. The van der Waals surface area contributed by atoms with Gasteiger partial charge in [0.2, 0.25) is 0 Å². The van der Waals surface area contributed by atoms with Crippen LogP contribution in [0, 0.1) is 0 Å². The Balaban J connectivity index is 1.13. The van der Waals surface area contributed by atoms with Gasteiger partial charge in [0.25, 0.3) is 0 Å². The van der Waals surface area contributed by atoms with Crippen LogP contribution < -0.4 is 0 Å². The van der Waals surface area contributed by atoms with Gasteiger partial charge in [-0.1, -0.05) is 72.8 Å². The number of hydrogen-bond donors (Lipinski definition) is 0. The highest BCUT2D eigenvalue weighted by atomic mass is 16.6. The van der Waals surface area contributed by atoms with Gasteiger partial charge in [-0.2, -0.15) is 0 Å². The van der Waals surface area contributed by atoms with Gasteiger partial charge in [0, 0.05) is 0 Å². The van der Waals surface area contributed by atoms with Crippen LogP contribution in [0.3, 0.4) is 0 Å². The average Bonchev–Trinajstić information content (AvgIpc) is 3.72. The lowest BCUT2D eigenvalue weighted by Crippen LogP contribution is -2.02. The summed E-state index contributed by atoms with van der Waals surface area (Å²) < 4.78 is 21.8. The highest BCUT2D eigenvalue weighted by molar-refractivity contribution is 5.34. The summed E-state index contributed by atoms with van der Waals surface area (Å²) in [6.07, 6.45) is 2.49. The van der Waals surface area contributed by atoms with Crippen LogP contribution in [0.2, 0.25) is 0 Å². The van der Waals surface area contributed by atoms with Gasteiger partial charge in [0.1, 0.15) is 12.2 Å². The molecule has 5 rings (SSSR count). The Morgan fingerprint density at radius 2 is 0.969 bits per heavy atom. The largest absolute Gasteiger partial charge is 0.374 e. The standard InChI is InChI=1S/C28H30O4/c1-3-23(13-25(5-1)15-29-17-27-19-31-27)11-21-7-9-22(10-8-21)12-24-4-2-6-26(14-24)16-30-18-28-20-32-28/h1-10,13-14,27-28H,11-12,15-20H2. The first-order chi connectivity index (χ1) is 15.8. The predicted molar refractivity (Wildman–Crippen MR) is 124 cm³/mol. The van der Waals surface area contributed by atoms with Crippen molar-refractivity contribution in [3.63, 3.8) is 0 Å². The molecule has 2 heterocycles. The van der Waals surface area contributed by atoms with E-state index in [4.69, 9.17) is 18.9 Å². The summed E-state index contributed by atoms with van der Waals surface area (Å²) in [5.41, 5.74) is 7.70. The fourth-order valence-electron chi connectivity index (χ4n) is 3.85. The summed E-state index contributed by atoms with van der Waals surface area (Å²) in [6.45, 7) is 4.35. The fraction of sp³-hybridized carbons (Fsp3) is 0.357. The second-order valence-electron chi connectivity index (χ2n) is 8.75. The molecule has 4 nitrogen and oxygen atoms in total. The summed E-state index contributed by atoms with van der Waals surface area (Å²) in [7, 11) is 0. The van der Waals surface area contributed by atoms with E-state index in [0.29, 0.717) is 38.6 Å². The van der Waals surface area contributed by atoms with E-state index in [-0.39, 0.29) is 0 Å². The average molecular weight is 431 g/mol. The quantitative estimate of drug-likeness (QED) is 0.391. The van der Waals surface area contributed by atoms with Crippen molar-refractivity contribution in [2.75, 3.05) is 26.4 Å². The molecule has 4 heteroatoms. The van der Waals surface area contributed by atoms with Crippen LogP contribution in [0.5, 0.6) is 0 Å². The molecule has 0 amide bonds. The molecule has 3 aromatic rings. The molecule has 0 saturated carbocycles. The zero-order valence-corrected chi connectivity index (χ0v) is 18.4. The lowest BCUT2D eigenvalue weighted by atomic mass is 9.99. The minimum absolute atomic E-state index is 0.315. The van der Waals surface area contributed by atoms with E-state index in [0.717, 1.165) is 26.1 Å². The highest BCUT2D eigenvalue weighted by Gasteiger charge is 2.22. The number of benzene rings is 3. The Morgan fingerprint density at radius 3 is 1.38 bits per heavy atom. The first-order valence-electron chi connectivity index (χ1n) is 11.4. The van der Waals surface area contributed by atoms with Crippen molar-refractivity contribution in [1.29, 1.82) is 0 Å². The third-order valence-electron chi connectivity index (χ3n) is 5.77. The maximum absolute atomic E-state index is 5.73. The van der Waals surface area contributed by atoms with E-state index in [1.165, 1.54) is 33.4 Å². The third-order valence-corrected chi connectivity index (χ3v) is 5.77. The monoisotopic (exact) mass is 430 g/mol. The second kappa shape index (κ2) is 10.4. The lowest BCUT2D eigenvalue weighted by Gasteiger charge is -2.09. The van der Waals surface area contributed by atoms with Gasteiger partial charge >= 0.3 is 0 Å². The molecular formula is C28H30O4. The predicted octanol–water partition coefficient (Wildman–Crippen LogP) is 4.70. The van der Waals surface area contributed by atoms with Crippen LogP contribution in [0.1, 0.15) is 33.4 Å². The third kappa shape index (κ3) is 6.75. The molecule has 0 aliphatic carbocycles. The minimum Gasteiger partial charge on any atom is -0.374 e. The summed E-state index contributed by atoms with van der Waals surface area (Å²) in [6, 6.07) is 26.3. The molecule has 2 unspecified atom stereocenters. The molecule has 0 aromatic heterocycles. The summed E-state index contributed by atoms with van der Waals surface area (Å²) in [5, 5.41) is 0. The summed E-state index contributed by atoms with van der Waals surface area (Å²) in [5.74, 6) is 0. The van der Waals surface area contributed by atoms with E-state index in [9.17, 15) is 0 Å². The number of epoxide rings is 2. The molecule has 2 saturated heterocycles. The zero-order valence-electron chi connectivity index (χ0n) is 18.4. The Hall–Kier alpha value is -2.50. The molecular weight excluding hydrogens is 400 g/mol. The molecule has 0 N–H and O–H groups in total. The van der Waals surface area contributed by atoms with E-state index in [1.54, 1.807) is 0 Å². The van der Waals surface area contributed by atoms with Crippen molar-refractivity contribution in [2.45, 2.75) is 38.3 Å². The molecule has 32 heavy (non-hydrogen) atoms. The van der Waals surface area contributed by atoms with Gasteiger partial charge in [-0.05, 0) is 46.2 Å². The van der Waals surface area contributed by atoms with Crippen molar-refractivity contribution < 1.29 is 18.9 Å². The van der Waals surface area contributed by atoms with Crippen LogP contribution in [0.25, 0.3) is 0 Å². The maximum atomic E-state index is 5.73. The molecule has 0 radical (unpaired) electrons. The molecule has 0 spiro atoms. The summed E-state index contributed by atoms with van der Waals surface area (Å²) in [4.78, 5) is 0. The van der Waals surface area contributed by atoms with Crippen molar-refractivity contribution in [3.05, 3.63) is 106 Å². The Kier molecular flexibility index (Phi) is 6.95. The van der Waals surface area contributed by atoms with Gasteiger partial charge in [-0.3, -0.25) is 0 Å². The number of hydrogen-bond acceptors (Lipinski definition) is 4. The Bertz CT molecular complexity index is 923. The molecule has 166 valence electrons. The highest BCUT2D eigenvalue weighted by Crippen LogP contribution is 2.17. The maximum Gasteiger partial charge on any atom is 0.104 e. The van der Waals surface area contributed by atoms with Crippen LogP contribution in [0.15, 0.2) is 72.8 Å². The molecule has 0 bridgehead atoms. The van der Waals surface area contributed by atoms with Gasteiger partial charge in [0.05, 0.1) is 39.6 Å². The van der Waals surface area contributed by atoms with Crippen molar-refractivity contribution in [3.8, 4) is 0 Å². The SMILES string of the molecule is c1cc(COCC2CO2)cc(Cc2ccc(Cc3cccc(COCC4CO4)c3)cc2)c1. The van der Waals surface area contributed by atoms with Crippen LogP contribution in [-0.4, -0.2) is 38.6 Å². The molecule has 3 aromatic carbocycles. The van der Waals surface area contributed by atoms with Gasteiger partial charge in [-0.15, -0.1) is 0 Å². The normalized spacial score (nSPS) is 19.1. The van der Waals surface area contributed by atoms with E-state index >= 15 is 0 Å². The molecule has 2 aliphatic rings. The van der Waals surface area contributed by atoms with Gasteiger partial charge < -0.3 is 18.9 Å². The molecule has 2 atom stereocenters. The first kappa shape index (κ1) is 21.4. The molecule has 2 fully saturated rings. The summed E-state index contributed by atoms with van der Waals surface area (Å²) >= 11 is 0. The number of ether oxygens (including phenoxy) is 4.